The summed E-state index contributed by atoms with van der Waals surface area (Å²) in [5, 5.41) is 3.96. The molecule has 3 aromatic heterocycles. The Morgan fingerprint density at radius 2 is 2.11 bits per heavy atom. The van der Waals surface area contributed by atoms with Crippen LogP contribution in [0.3, 0.4) is 0 Å². The Morgan fingerprint density at radius 3 is 2.78 bits per heavy atom. The number of nitrogens with two attached hydrogens (primary N) is 1. The number of anilines is 1. The Kier molecular flexibility index (Phi) is 2.33. The topological polar surface area (TPSA) is 82.8 Å². The highest BCUT2D eigenvalue weighted by Gasteiger charge is 2.19. The second-order valence-electron chi connectivity index (χ2n) is 3.91. The number of aromatic nitrogens is 4. The zero-order chi connectivity index (χ0) is 12.5. The van der Waals surface area contributed by atoms with Crippen LogP contribution in [-0.2, 0) is 7.05 Å². The second kappa shape index (κ2) is 3.99. The van der Waals surface area contributed by atoms with Crippen LogP contribution in [0.4, 0.5) is 5.88 Å². The minimum Gasteiger partial charge on any atom is -0.367 e. The van der Waals surface area contributed by atoms with Crippen molar-refractivity contribution in [3.63, 3.8) is 0 Å². The summed E-state index contributed by atoms with van der Waals surface area (Å²) in [7, 11) is 1.89. The summed E-state index contributed by atoms with van der Waals surface area (Å²) < 4.78 is 6.89. The van der Waals surface area contributed by atoms with E-state index >= 15 is 0 Å². The Morgan fingerprint density at radius 1 is 1.22 bits per heavy atom. The lowest BCUT2D eigenvalue weighted by molar-refractivity contribution is 0.439. The molecule has 3 aromatic rings. The third-order valence-electron chi connectivity index (χ3n) is 2.59. The molecular formula is C12H11N5O. The highest BCUT2D eigenvalue weighted by molar-refractivity contribution is 5.83. The number of imidazole rings is 1. The number of aryl methyl sites for hydroxylation is 1. The number of nitrogen functional groups attached to an aromatic ring is 1. The summed E-state index contributed by atoms with van der Waals surface area (Å²) in [5.74, 6) is 0.245. The van der Waals surface area contributed by atoms with Crippen LogP contribution in [0.5, 0.6) is 0 Å². The fourth-order valence-electron chi connectivity index (χ4n) is 1.77. The van der Waals surface area contributed by atoms with Crippen LogP contribution >= 0.6 is 0 Å². The molecule has 0 aliphatic carbocycles. The fraction of sp³-hybridized carbons (Fsp3) is 0.0833. The van der Waals surface area contributed by atoms with E-state index in [2.05, 4.69) is 15.1 Å². The lowest BCUT2D eigenvalue weighted by Crippen LogP contribution is -1.90. The molecule has 6 nitrogen and oxygen atoms in total. The van der Waals surface area contributed by atoms with E-state index in [1.54, 1.807) is 12.5 Å². The van der Waals surface area contributed by atoms with E-state index in [0.29, 0.717) is 17.0 Å². The minimum absolute atomic E-state index is 0.245. The molecule has 3 rings (SSSR count). The average molecular weight is 241 g/mol. The molecule has 0 spiro atoms. The van der Waals surface area contributed by atoms with Crippen molar-refractivity contribution in [2.75, 3.05) is 5.73 Å². The molecule has 0 aromatic carbocycles. The van der Waals surface area contributed by atoms with E-state index in [-0.39, 0.29) is 5.88 Å². The molecule has 0 amide bonds. The van der Waals surface area contributed by atoms with Gasteiger partial charge in [0, 0.05) is 19.4 Å². The van der Waals surface area contributed by atoms with E-state index in [4.69, 9.17) is 10.3 Å². The predicted octanol–water partition coefficient (Wildman–Crippen LogP) is 1.72. The van der Waals surface area contributed by atoms with Crippen LogP contribution in [0.25, 0.3) is 22.6 Å². The fourth-order valence-corrected chi connectivity index (χ4v) is 1.77. The third kappa shape index (κ3) is 1.64. The van der Waals surface area contributed by atoms with Crippen LogP contribution in [0.1, 0.15) is 0 Å². The average Bonchev–Trinajstić information content (AvgIpc) is 2.96. The van der Waals surface area contributed by atoms with Gasteiger partial charge in [-0.15, -0.1) is 0 Å². The first-order chi connectivity index (χ1) is 8.75. The van der Waals surface area contributed by atoms with Gasteiger partial charge in [-0.2, -0.15) is 0 Å². The van der Waals surface area contributed by atoms with Crippen LogP contribution < -0.4 is 5.73 Å². The van der Waals surface area contributed by atoms with Crippen LogP contribution in [0.2, 0.25) is 0 Å². The maximum Gasteiger partial charge on any atom is 0.232 e. The van der Waals surface area contributed by atoms with Crippen molar-refractivity contribution in [2.45, 2.75) is 0 Å². The van der Waals surface area contributed by atoms with E-state index in [9.17, 15) is 0 Å². The zero-order valence-electron chi connectivity index (χ0n) is 9.74. The maximum absolute atomic E-state index is 5.81. The van der Waals surface area contributed by atoms with Gasteiger partial charge >= 0.3 is 0 Å². The molecule has 18 heavy (non-hydrogen) atoms. The van der Waals surface area contributed by atoms with Gasteiger partial charge in [0.05, 0.1) is 17.6 Å². The largest absolute Gasteiger partial charge is 0.367 e. The van der Waals surface area contributed by atoms with Crippen molar-refractivity contribution in [1.29, 1.82) is 0 Å². The molecule has 0 fully saturated rings. The van der Waals surface area contributed by atoms with Crippen molar-refractivity contribution in [3.8, 4) is 22.6 Å². The zero-order valence-corrected chi connectivity index (χ0v) is 9.74. The lowest BCUT2D eigenvalue weighted by Gasteiger charge is -1.98. The Hall–Kier alpha value is -2.63. The molecular weight excluding hydrogens is 230 g/mol. The Labute approximate surface area is 103 Å². The molecule has 90 valence electrons. The molecule has 0 atom stereocenters. The summed E-state index contributed by atoms with van der Waals surface area (Å²) in [6, 6.07) is 5.58. The minimum atomic E-state index is 0.245. The van der Waals surface area contributed by atoms with Gasteiger partial charge in [0.25, 0.3) is 0 Å². The van der Waals surface area contributed by atoms with E-state index in [0.717, 1.165) is 5.69 Å². The summed E-state index contributed by atoms with van der Waals surface area (Å²) in [5.41, 5.74) is 8.52. The molecule has 0 saturated carbocycles. The number of nitrogens with zero attached hydrogens (tertiary/aromatic N) is 4. The van der Waals surface area contributed by atoms with Crippen molar-refractivity contribution < 1.29 is 4.52 Å². The van der Waals surface area contributed by atoms with Crippen LogP contribution in [0, 0.1) is 0 Å². The summed E-state index contributed by atoms with van der Waals surface area (Å²) >= 11 is 0. The molecule has 0 radical (unpaired) electrons. The number of pyridine rings is 1. The van der Waals surface area contributed by atoms with Crippen molar-refractivity contribution in [1.82, 2.24) is 19.7 Å². The number of hydrogen-bond donors (Lipinski definition) is 1. The van der Waals surface area contributed by atoms with Gasteiger partial charge in [0.2, 0.25) is 5.88 Å². The molecule has 0 bridgehead atoms. The van der Waals surface area contributed by atoms with E-state index < -0.39 is 0 Å². The highest BCUT2D eigenvalue weighted by Crippen LogP contribution is 2.33. The van der Waals surface area contributed by atoms with Gasteiger partial charge in [-0.3, -0.25) is 4.98 Å². The first-order valence-corrected chi connectivity index (χ1v) is 5.40. The third-order valence-corrected chi connectivity index (χ3v) is 2.59. The van der Waals surface area contributed by atoms with Gasteiger partial charge in [0.15, 0.2) is 0 Å². The van der Waals surface area contributed by atoms with Gasteiger partial charge in [0.1, 0.15) is 11.4 Å². The quantitative estimate of drug-likeness (QED) is 0.738. The Balaban J connectivity index is 2.18. The van der Waals surface area contributed by atoms with Gasteiger partial charge in [-0.1, -0.05) is 11.2 Å². The molecule has 0 aliphatic rings. The molecule has 0 saturated heterocycles. The smallest absolute Gasteiger partial charge is 0.232 e. The summed E-state index contributed by atoms with van der Waals surface area (Å²) in [6.45, 7) is 0. The van der Waals surface area contributed by atoms with Crippen molar-refractivity contribution in [3.05, 3.63) is 36.9 Å². The number of hydrogen-bond acceptors (Lipinski definition) is 5. The van der Waals surface area contributed by atoms with Crippen LogP contribution in [0.15, 0.2) is 41.4 Å². The lowest BCUT2D eigenvalue weighted by atomic mass is 10.1. The molecule has 2 N–H and O–H groups in total. The predicted molar refractivity (Wildman–Crippen MR) is 66.3 cm³/mol. The second-order valence-corrected chi connectivity index (χ2v) is 3.91. The molecule has 3 heterocycles. The first kappa shape index (κ1) is 10.5. The SMILES string of the molecule is Cn1cnc(-c2noc(N)c2-c2ccccn2)c1. The molecule has 0 unspecified atom stereocenters. The van der Waals surface area contributed by atoms with Crippen molar-refractivity contribution >= 4 is 5.88 Å². The first-order valence-electron chi connectivity index (χ1n) is 5.40. The standard InChI is InChI=1S/C12H11N5O/c1-17-6-9(15-7-17)11-10(12(13)18-16-11)8-4-2-3-5-14-8/h2-7H,13H2,1H3. The Bertz CT molecular complexity index is 671. The van der Waals surface area contributed by atoms with Crippen LogP contribution in [-0.4, -0.2) is 19.7 Å². The van der Waals surface area contributed by atoms with E-state index in [1.165, 1.54) is 0 Å². The summed E-state index contributed by atoms with van der Waals surface area (Å²) in [4.78, 5) is 8.50. The van der Waals surface area contributed by atoms with Crippen molar-refractivity contribution in [2.24, 2.45) is 7.05 Å². The monoisotopic (exact) mass is 241 g/mol. The maximum atomic E-state index is 5.81. The summed E-state index contributed by atoms with van der Waals surface area (Å²) in [6.07, 6.45) is 5.25. The number of rotatable bonds is 2. The molecule has 0 aliphatic heterocycles. The highest BCUT2D eigenvalue weighted by atomic mass is 16.5. The van der Waals surface area contributed by atoms with E-state index in [1.807, 2.05) is 36.0 Å². The van der Waals surface area contributed by atoms with Gasteiger partial charge in [-0.05, 0) is 12.1 Å². The normalized spacial score (nSPS) is 10.7. The van der Waals surface area contributed by atoms with Gasteiger partial charge in [-0.25, -0.2) is 4.98 Å². The molecule has 6 heteroatoms. The van der Waals surface area contributed by atoms with Gasteiger partial charge < -0.3 is 14.8 Å².